The van der Waals surface area contributed by atoms with E-state index in [2.05, 4.69) is 49.3 Å². The predicted octanol–water partition coefficient (Wildman–Crippen LogP) is 4.74. The largest absolute Gasteiger partial charge is 0.456 e. The SMILES string of the molecule is COCCNCc1ccc(Oc2ccc(Br)cc2Br)cc1. The molecule has 0 aromatic heterocycles. The number of methoxy groups -OCH3 is 1. The Hall–Kier alpha value is -0.880. The van der Waals surface area contributed by atoms with E-state index in [1.165, 1.54) is 5.56 Å². The maximum absolute atomic E-state index is 5.85. The highest BCUT2D eigenvalue weighted by molar-refractivity contribution is 9.11. The molecule has 0 radical (unpaired) electrons. The second kappa shape index (κ2) is 8.54. The van der Waals surface area contributed by atoms with Crippen LogP contribution in [0, 0.1) is 0 Å². The monoisotopic (exact) mass is 413 g/mol. The summed E-state index contributed by atoms with van der Waals surface area (Å²) in [6, 6.07) is 13.9. The molecule has 0 unspecified atom stereocenters. The van der Waals surface area contributed by atoms with Crippen molar-refractivity contribution in [1.29, 1.82) is 0 Å². The summed E-state index contributed by atoms with van der Waals surface area (Å²) in [7, 11) is 1.70. The van der Waals surface area contributed by atoms with Crippen molar-refractivity contribution in [2.24, 2.45) is 0 Å². The van der Waals surface area contributed by atoms with Crippen LogP contribution in [-0.2, 0) is 11.3 Å². The van der Waals surface area contributed by atoms with Gasteiger partial charge in [0.25, 0.3) is 0 Å². The average molecular weight is 415 g/mol. The molecule has 0 aliphatic heterocycles. The highest BCUT2D eigenvalue weighted by atomic mass is 79.9. The third-order valence-corrected chi connectivity index (χ3v) is 3.97. The third-order valence-electron chi connectivity index (χ3n) is 2.86. The quantitative estimate of drug-likeness (QED) is 0.663. The van der Waals surface area contributed by atoms with Crippen molar-refractivity contribution in [1.82, 2.24) is 5.32 Å². The maximum atomic E-state index is 5.85. The van der Waals surface area contributed by atoms with Crippen LogP contribution in [0.3, 0.4) is 0 Å². The van der Waals surface area contributed by atoms with Crippen LogP contribution in [0.15, 0.2) is 51.4 Å². The lowest BCUT2D eigenvalue weighted by Gasteiger charge is -2.09. The van der Waals surface area contributed by atoms with Crippen LogP contribution in [0.5, 0.6) is 11.5 Å². The molecule has 2 aromatic carbocycles. The minimum atomic E-state index is 0.721. The van der Waals surface area contributed by atoms with E-state index in [0.717, 1.165) is 40.1 Å². The highest BCUT2D eigenvalue weighted by Crippen LogP contribution is 2.31. The van der Waals surface area contributed by atoms with Crippen LogP contribution in [0.4, 0.5) is 0 Å². The Morgan fingerprint density at radius 2 is 1.81 bits per heavy atom. The van der Waals surface area contributed by atoms with Gasteiger partial charge in [-0.15, -0.1) is 0 Å². The summed E-state index contributed by atoms with van der Waals surface area (Å²) in [6.07, 6.45) is 0. The van der Waals surface area contributed by atoms with Gasteiger partial charge >= 0.3 is 0 Å². The Kier molecular flexibility index (Phi) is 6.70. The van der Waals surface area contributed by atoms with E-state index in [1.807, 2.05) is 30.3 Å². The van der Waals surface area contributed by atoms with Crippen LogP contribution < -0.4 is 10.1 Å². The van der Waals surface area contributed by atoms with Crippen molar-refractivity contribution in [2.45, 2.75) is 6.54 Å². The molecule has 0 heterocycles. The number of benzene rings is 2. The van der Waals surface area contributed by atoms with Crippen molar-refractivity contribution < 1.29 is 9.47 Å². The van der Waals surface area contributed by atoms with Gasteiger partial charge in [-0.3, -0.25) is 0 Å². The van der Waals surface area contributed by atoms with Crippen molar-refractivity contribution in [3.05, 3.63) is 57.0 Å². The van der Waals surface area contributed by atoms with E-state index in [-0.39, 0.29) is 0 Å². The summed E-state index contributed by atoms with van der Waals surface area (Å²) in [6.45, 7) is 2.39. The summed E-state index contributed by atoms with van der Waals surface area (Å²) in [4.78, 5) is 0. The zero-order valence-electron chi connectivity index (χ0n) is 11.7. The average Bonchev–Trinajstić information content (AvgIpc) is 2.48. The maximum Gasteiger partial charge on any atom is 0.141 e. The van der Waals surface area contributed by atoms with Gasteiger partial charge in [0.15, 0.2) is 0 Å². The first-order valence-corrected chi connectivity index (χ1v) is 8.19. The molecule has 0 amide bonds. The second-order valence-electron chi connectivity index (χ2n) is 4.49. The summed E-state index contributed by atoms with van der Waals surface area (Å²) in [5, 5.41) is 3.31. The fourth-order valence-electron chi connectivity index (χ4n) is 1.77. The number of hydrogen-bond acceptors (Lipinski definition) is 3. The first-order valence-electron chi connectivity index (χ1n) is 6.60. The summed E-state index contributed by atoms with van der Waals surface area (Å²) in [5.74, 6) is 1.61. The smallest absolute Gasteiger partial charge is 0.141 e. The number of ether oxygens (including phenoxy) is 2. The lowest BCUT2D eigenvalue weighted by Crippen LogP contribution is -2.18. The molecule has 2 rings (SSSR count). The highest BCUT2D eigenvalue weighted by Gasteiger charge is 2.03. The Morgan fingerprint density at radius 1 is 1.05 bits per heavy atom. The van der Waals surface area contributed by atoms with Gasteiger partial charge in [0, 0.05) is 24.7 Å². The van der Waals surface area contributed by atoms with Crippen molar-refractivity contribution >= 4 is 31.9 Å². The van der Waals surface area contributed by atoms with E-state index in [0.29, 0.717) is 0 Å². The molecule has 5 heteroatoms. The predicted molar refractivity (Wildman–Crippen MR) is 91.9 cm³/mol. The molecule has 2 aromatic rings. The Morgan fingerprint density at radius 3 is 2.48 bits per heavy atom. The Balaban J connectivity index is 1.92. The van der Waals surface area contributed by atoms with Crippen molar-refractivity contribution in [2.75, 3.05) is 20.3 Å². The molecular formula is C16H17Br2NO2. The molecular weight excluding hydrogens is 398 g/mol. The Bertz CT molecular complexity index is 573. The minimum Gasteiger partial charge on any atom is -0.456 e. The van der Waals surface area contributed by atoms with Gasteiger partial charge in [0.1, 0.15) is 11.5 Å². The first kappa shape index (κ1) is 16.5. The van der Waals surface area contributed by atoms with Gasteiger partial charge in [-0.25, -0.2) is 0 Å². The van der Waals surface area contributed by atoms with Gasteiger partial charge in [-0.05, 0) is 51.8 Å². The van der Waals surface area contributed by atoms with E-state index in [4.69, 9.17) is 9.47 Å². The van der Waals surface area contributed by atoms with Crippen molar-refractivity contribution in [3.63, 3.8) is 0 Å². The van der Waals surface area contributed by atoms with E-state index < -0.39 is 0 Å². The van der Waals surface area contributed by atoms with Gasteiger partial charge in [-0.1, -0.05) is 28.1 Å². The number of halogens is 2. The molecule has 0 saturated carbocycles. The van der Waals surface area contributed by atoms with Gasteiger partial charge in [0.2, 0.25) is 0 Å². The molecule has 0 fully saturated rings. The minimum absolute atomic E-state index is 0.721. The van der Waals surface area contributed by atoms with Gasteiger partial charge in [0.05, 0.1) is 11.1 Å². The molecule has 1 N–H and O–H groups in total. The standard InChI is InChI=1S/C16H17Br2NO2/c1-20-9-8-19-11-12-2-5-14(6-3-12)21-16-7-4-13(17)10-15(16)18/h2-7,10,19H,8-9,11H2,1H3. The van der Waals surface area contributed by atoms with Gasteiger partial charge in [-0.2, -0.15) is 0 Å². The van der Waals surface area contributed by atoms with Crippen LogP contribution in [0.2, 0.25) is 0 Å². The lowest BCUT2D eigenvalue weighted by atomic mass is 10.2. The molecule has 112 valence electrons. The molecule has 0 atom stereocenters. The molecule has 0 saturated heterocycles. The summed E-state index contributed by atoms with van der Waals surface area (Å²) < 4.78 is 12.8. The molecule has 0 spiro atoms. The third kappa shape index (κ3) is 5.43. The zero-order valence-corrected chi connectivity index (χ0v) is 14.9. The number of rotatable bonds is 7. The molecule has 0 aliphatic rings. The number of hydrogen-bond donors (Lipinski definition) is 1. The second-order valence-corrected chi connectivity index (χ2v) is 6.26. The zero-order chi connectivity index (χ0) is 15.1. The molecule has 0 aliphatic carbocycles. The molecule has 21 heavy (non-hydrogen) atoms. The summed E-state index contributed by atoms with van der Waals surface area (Å²) >= 11 is 6.92. The fourth-order valence-corrected chi connectivity index (χ4v) is 2.90. The fraction of sp³-hybridized carbons (Fsp3) is 0.250. The lowest BCUT2D eigenvalue weighted by molar-refractivity contribution is 0.199. The van der Waals surface area contributed by atoms with Crippen LogP contribution in [-0.4, -0.2) is 20.3 Å². The van der Waals surface area contributed by atoms with Crippen LogP contribution in [0.1, 0.15) is 5.56 Å². The Labute approximate surface area is 141 Å². The molecule has 0 bridgehead atoms. The van der Waals surface area contributed by atoms with Crippen molar-refractivity contribution in [3.8, 4) is 11.5 Å². The normalized spacial score (nSPS) is 10.6. The molecule has 3 nitrogen and oxygen atoms in total. The van der Waals surface area contributed by atoms with E-state index in [1.54, 1.807) is 7.11 Å². The first-order chi connectivity index (χ1) is 10.2. The topological polar surface area (TPSA) is 30.5 Å². The van der Waals surface area contributed by atoms with E-state index >= 15 is 0 Å². The van der Waals surface area contributed by atoms with E-state index in [9.17, 15) is 0 Å². The van der Waals surface area contributed by atoms with Crippen LogP contribution >= 0.6 is 31.9 Å². The summed E-state index contributed by atoms with van der Waals surface area (Å²) in [5.41, 5.74) is 1.22. The number of nitrogens with one attached hydrogen (secondary N) is 1. The van der Waals surface area contributed by atoms with Gasteiger partial charge < -0.3 is 14.8 Å². The van der Waals surface area contributed by atoms with Crippen LogP contribution in [0.25, 0.3) is 0 Å².